The van der Waals surface area contributed by atoms with Gasteiger partial charge < -0.3 is 10.1 Å². The number of nitrogens with zero attached hydrogens (tertiary/aromatic N) is 1. The Labute approximate surface area is 131 Å². The van der Waals surface area contributed by atoms with E-state index in [2.05, 4.69) is 37.9 Å². The number of hydrogen-bond acceptors (Lipinski definition) is 3. The zero-order valence-corrected chi connectivity index (χ0v) is 14.6. The Balaban J connectivity index is 1.91. The Morgan fingerprint density at radius 3 is 2.76 bits per heavy atom. The first kappa shape index (κ1) is 17.2. The highest BCUT2D eigenvalue weighted by Gasteiger charge is 2.33. The van der Waals surface area contributed by atoms with Crippen molar-refractivity contribution in [1.82, 2.24) is 10.2 Å². The van der Waals surface area contributed by atoms with Crippen molar-refractivity contribution in [3.05, 3.63) is 0 Å². The van der Waals surface area contributed by atoms with Gasteiger partial charge in [0.25, 0.3) is 0 Å². The molecule has 3 heteroatoms. The van der Waals surface area contributed by atoms with Crippen molar-refractivity contribution >= 4 is 0 Å². The molecule has 21 heavy (non-hydrogen) atoms. The highest BCUT2D eigenvalue weighted by atomic mass is 16.5. The molecule has 1 saturated heterocycles. The van der Waals surface area contributed by atoms with Crippen LogP contribution < -0.4 is 5.32 Å². The SMILES string of the molecule is CCCNC1CCC(C(C)C)CC1CN1CCOC(C)C1. The zero-order valence-electron chi connectivity index (χ0n) is 14.6. The molecule has 0 aromatic carbocycles. The second-order valence-electron chi connectivity index (χ2n) is 7.58. The van der Waals surface area contributed by atoms with E-state index in [1.54, 1.807) is 0 Å². The summed E-state index contributed by atoms with van der Waals surface area (Å²) >= 11 is 0. The van der Waals surface area contributed by atoms with Gasteiger partial charge in [0.2, 0.25) is 0 Å². The summed E-state index contributed by atoms with van der Waals surface area (Å²) in [6, 6.07) is 0.734. The van der Waals surface area contributed by atoms with E-state index >= 15 is 0 Å². The molecule has 1 aliphatic carbocycles. The molecule has 1 aliphatic heterocycles. The van der Waals surface area contributed by atoms with E-state index < -0.39 is 0 Å². The van der Waals surface area contributed by atoms with Crippen LogP contribution in [0.4, 0.5) is 0 Å². The maximum Gasteiger partial charge on any atom is 0.0674 e. The van der Waals surface area contributed by atoms with Crippen LogP contribution in [0.5, 0.6) is 0 Å². The van der Waals surface area contributed by atoms with E-state index in [9.17, 15) is 0 Å². The molecule has 0 aromatic rings. The van der Waals surface area contributed by atoms with Gasteiger partial charge in [0.1, 0.15) is 0 Å². The minimum absolute atomic E-state index is 0.408. The largest absolute Gasteiger partial charge is 0.376 e. The minimum Gasteiger partial charge on any atom is -0.376 e. The van der Waals surface area contributed by atoms with Gasteiger partial charge in [-0.15, -0.1) is 0 Å². The van der Waals surface area contributed by atoms with Crippen molar-refractivity contribution in [1.29, 1.82) is 0 Å². The molecule has 0 aromatic heterocycles. The first-order valence-corrected chi connectivity index (χ1v) is 9.17. The van der Waals surface area contributed by atoms with Gasteiger partial charge in [0, 0.05) is 25.7 Å². The Morgan fingerprint density at radius 1 is 1.29 bits per heavy atom. The van der Waals surface area contributed by atoms with Gasteiger partial charge in [0.05, 0.1) is 12.7 Å². The van der Waals surface area contributed by atoms with Crippen LogP contribution in [0, 0.1) is 17.8 Å². The fourth-order valence-corrected chi connectivity index (χ4v) is 4.09. The molecule has 124 valence electrons. The average molecular weight is 296 g/mol. The smallest absolute Gasteiger partial charge is 0.0674 e. The lowest BCUT2D eigenvalue weighted by Gasteiger charge is -2.42. The summed E-state index contributed by atoms with van der Waals surface area (Å²) in [7, 11) is 0. The molecule has 4 atom stereocenters. The quantitative estimate of drug-likeness (QED) is 0.815. The third-order valence-electron chi connectivity index (χ3n) is 5.44. The van der Waals surface area contributed by atoms with E-state index in [-0.39, 0.29) is 0 Å². The molecule has 0 amide bonds. The van der Waals surface area contributed by atoms with Gasteiger partial charge in [-0.25, -0.2) is 0 Å². The number of nitrogens with one attached hydrogen (secondary N) is 1. The summed E-state index contributed by atoms with van der Waals surface area (Å²) < 4.78 is 5.69. The number of rotatable bonds is 6. The molecular formula is C18H36N2O. The minimum atomic E-state index is 0.408. The van der Waals surface area contributed by atoms with Crippen molar-refractivity contribution < 1.29 is 4.74 Å². The van der Waals surface area contributed by atoms with Crippen LogP contribution in [0.15, 0.2) is 0 Å². The van der Waals surface area contributed by atoms with Crippen molar-refractivity contribution in [2.24, 2.45) is 17.8 Å². The topological polar surface area (TPSA) is 24.5 Å². The highest BCUT2D eigenvalue weighted by molar-refractivity contribution is 4.88. The zero-order chi connectivity index (χ0) is 15.2. The lowest BCUT2D eigenvalue weighted by molar-refractivity contribution is -0.0287. The fourth-order valence-electron chi connectivity index (χ4n) is 4.09. The van der Waals surface area contributed by atoms with Crippen molar-refractivity contribution in [3.63, 3.8) is 0 Å². The van der Waals surface area contributed by atoms with Gasteiger partial charge in [-0.3, -0.25) is 4.90 Å². The summed E-state index contributed by atoms with van der Waals surface area (Å²) in [5.74, 6) is 2.58. The van der Waals surface area contributed by atoms with Gasteiger partial charge in [-0.2, -0.15) is 0 Å². The van der Waals surface area contributed by atoms with Crippen LogP contribution in [0.2, 0.25) is 0 Å². The van der Waals surface area contributed by atoms with Crippen molar-refractivity contribution in [3.8, 4) is 0 Å². The first-order chi connectivity index (χ1) is 10.1. The fraction of sp³-hybridized carbons (Fsp3) is 1.00. The average Bonchev–Trinajstić information content (AvgIpc) is 2.46. The molecule has 0 bridgehead atoms. The Hall–Kier alpha value is -0.120. The molecule has 0 spiro atoms. The third-order valence-corrected chi connectivity index (χ3v) is 5.44. The van der Waals surface area contributed by atoms with Gasteiger partial charge in [0.15, 0.2) is 0 Å². The lowest BCUT2D eigenvalue weighted by atomic mass is 9.73. The molecule has 4 unspecified atom stereocenters. The molecule has 1 saturated carbocycles. The molecule has 1 heterocycles. The maximum absolute atomic E-state index is 5.69. The molecular weight excluding hydrogens is 260 g/mol. The number of ether oxygens (including phenoxy) is 1. The van der Waals surface area contributed by atoms with Crippen LogP contribution in [-0.2, 0) is 4.74 Å². The van der Waals surface area contributed by atoms with E-state index in [0.29, 0.717) is 6.10 Å². The first-order valence-electron chi connectivity index (χ1n) is 9.17. The molecule has 2 rings (SSSR count). The molecule has 1 N–H and O–H groups in total. The molecule has 2 aliphatic rings. The maximum atomic E-state index is 5.69. The summed E-state index contributed by atoms with van der Waals surface area (Å²) in [4.78, 5) is 2.64. The van der Waals surface area contributed by atoms with E-state index in [1.165, 1.54) is 38.8 Å². The van der Waals surface area contributed by atoms with Crippen molar-refractivity contribution in [2.75, 3.05) is 32.8 Å². The molecule has 0 radical (unpaired) electrons. The summed E-state index contributed by atoms with van der Waals surface area (Å²) in [5.41, 5.74) is 0. The standard InChI is InChI=1S/C18H36N2O/c1-5-8-19-18-7-6-16(14(2)3)11-17(18)13-20-9-10-21-15(4)12-20/h14-19H,5-13H2,1-4H3. The van der Waals surface area contributed by atoms with Crippen LogP contribution in [0.3, 0.4) is 0 Å². The van der Waals surface area contributed by atoms with Crippen LogP contribution in [-0.4, -0.2) is 49.8 Å². The van der Waals surface area contributed by atoms with E-state index in [4.69, 9.17) is 4.74 Å². The Kier molecular flexibility index (Phi) is 6.97. The Morgan fingerprint density at radius 2 is 2.10 bits per heavy atom. The van der Waals surface area contributed by atoms with E-state index in [1.807, 2.05) is 0 Å². The van der Waals surface area contributed by atoms with Crippen molar-refractivity contribution in [2.45, 2.75) is 65.5 Å². The summed E-state index contributed by atoms with van der Waals surface area (Å²) in [6.07, 6.45) is 5.84. The Bertz CT molecular complexity index is 295. The van der Waals surface area contributed by atoms with Crippen LogP contribution in [0.25, 0.3) is 0 Å². The van der Waals surface area contributed by atoms with Crippen LogP contribution in [0.1, 0.15) is 53.4 Å². The summed E-state index contributed by atoms with van der Waals surface area (Å²) in [6.45, 7) is 14.9. The van der Waals surface area contributed by atoms with Crippen LogP contribution >= 0.6 is 0 Å². The van der Waals surface area contributed by atoms with Gasteiger partial charge in [-0.1, -0.05) is 20.8 Å². The number of hydrogen-bond donors (Lipinski definition) is 1. The van der Waals surface area contributed by atoms with Gasteiger partial charge >= 0.3 is 0 Å². The lowest BCUT2D eigenvalue weighted by Crippen LogP contribution is -2.50. The second-order valence-corrected chi connectivity index (χ2v) is 7.58. The van der Waals surface area contributed by atoms with E-state index in [0.717, 1.165) is 43.5 Å². The second kappa shape index (κ2) is 8.50. The number of morpholine rings is 1. The normalized spacial score (nSPS) is 35.3. The molecule has 2 fully saturated rings. The third kappa shape index (κ3) is 5.22. The monoisotopic (exact) mass is 296 g/mol. The predicted molar refractivity (Wildman–Crippen MR) is 89.6 cm³/mol. The predicted octanol–water partition coefficient (Wildman–Crippen LogP) is 3.15. The molecule has 3 nitrogen and oxygen atoms in total. The highest BCUT2D eigenvalue weighted by Crippen LogP contribution is 2.34. The summed E-state index contributed by atoms with van der Waals surface area (Å²) in [5, 5.41) is 3.82. The van der Waals surface area contributed by atoms with Gasteiger partial charge in [-0.05, 0) is 56.9 Å².